The molecule has 12 heavy (non-hydrogen) atoms. The molecule has 0 saturated heterocycles. The number of hydrogen-bond donors (Lipinski definition) is 4. The monoisotopic (exact) mass is 196 g/mol. The Morgan fingerprint density at radius 1 is 0.750 bits per heavy atom. The fourth-order valence-corrected chi connectivity index (χ4v) is 0.756. The maximum Gasteiger partial charge on any atom is 0.00772 e. The van der Waals surface area contributed by atoms with Gasteiger partial charge in [0.05, 0.1) is 0 Å². The second kappa shape index (κ2) is 13.7. The van der Waals surface area contributed by atoms with Crippen molar-refractivity contribution < 1.29 is 0 Å². The van der Waals surface area contributed by atoms with E-state index in [-0.39, 0.29) is 12.4 Å². The van der Waals surface area contributed by atoms with Gasteiger partial charge in [0.15, 0.2) is 0 Å². The van der Waals surface area contributed by atoms with Gasteiger partial charge in [-0.2, -0.15) is 0 Å². The van der Waals surface area contributed by atoms with Gasteiger partial charge >= 0.3 is 0 Å². The molecule has 6 N–H and O–H groups in total. The van der Waals surface area contributed by atoms with Gasteiger partial charge in [-0.25, -0.2) is 0 Å². The van der Waals surface area contributed by atoms with Gasteiger partial charge in [0, 0.05) is 26.2 Å². The lowest BCUT2D eigenvalue weighted by atomic mass is 10.4. The summed E-state index contributed by atoms with van der Waals surface area (Å²) in [6.45, 7) is 5.38. The van der Waals surface area contributed by atoms with Crippen LogP contribution >= 0.6 is 12.4 Å². The van der Waals surface area contributed by atoms with Crippen LogP contribution in [0.1, 0.15) is 6.42 Å². The van der Waals surface area contributed by atoms with E-state index in [1.807, 2.05) is 0 Å². The largest absolute Gasteiger partial charge is 0.330 e. The Morgan fingerprint density at radius 2 is 1.33 bits per heavy atom. The number of nitrogens with one attached hydrogen (secondary N) is 2. The first kappa shape index (κ1) is 14.6. The van der Waals surface area contributed by atoms with Gasteiger partial charge in [0.1, 0.15) is 0 Å². The summed E-state index contributed by atoms with van der Waals surface area (Å²) in [5, 5.41) is 6.46. The Bertz CT molecular complexity index is 64.4. The van der Waals surface area contributed by atoms with Crippen molar-refractivity contribution in [2.45, 2.75) is 6.42 Å². The van der Waals surface area contributed by atoms with E-state index in [2.05, 4.69) is 10.6 Å². The van der Waals surface area contributed by atoms with Crippen molar-refractivity contribution in [1.29, 1.82) is 0 Å². The average molecular weight is 197 g/mol. The zero-order chi connectivity index (χ0) is 8.36. The highest BCUT2D eigenvalue weighted by molar-refractivity contribution is 5.85. The first-order chi connectivity index (χ1) is 5.41. The van der Waals surface area contributed by atoms with Crippen LogP contribution in [0.5, 0.6) is 0 Å². The van der Waals surface area contributed by atoms with Crippen LogP contribution in [0.25, 0.3) is 0 Å². The molecule has 0 aliphatic heterocycles. The Morgan fingerprint density at radius 3 is 1.83 bits per heavy atom. The molecule has 0 fully saturated rings. The van der Waals surface area contributed by atoms with E-state index in [0.717, 1.165) is 39.1 Å². The fourth-order valence-electron chi connectivity index (χ4n) is 0.756. The lowest BCUT2D eigenvalue weighted by molar-refractivity contribution is 0.602. The highest BCUT2D eigenvalue weighted by Gasteiger charge is 1.85. The molecule has 0 radical (unpaired) electrons. The van der Waals surface area contributed by atoms with Crippen molar-refractivity contribution >= 4 is 12.4 Å². The van der Waals surface area contributed by atoms with E-state index in [0.29, 0.717) is 6.54 Å². The van der Waals surface area contributed by atoms with Gasteiger partial charge in [-0.1, -0.05) is 0 Å². The molecule has 0 aromatic rings. The molecule has 0 rings (SSSR count). The minimum atomic E-state index is 0. The summed E-state index contributed by atoms with van der Waals surface area (Å²) in [4.78, 5) is 0. The number of rotatable bonds is 8. The summed E-state index contributed by atoms with van der Waals surface area (Å²) < 4.78 is 0. The molecular formula is C7H21ClN4. The number of nitrogens with two attached hydrogens (primary N) is 2. The van der Waals surface area contributed by atoms with Crippen molar-refractivity contribution in [1.82, 2.24) is 10.6 Å². The minimum Gasteiger partial charge on any atom is -0.330 e. The van der Waals surface area contributed by atoms with Crippen LogP contribution in [0, 0.1) is 0 Å². The maximum atomic E-state index is 5.32. The van der Waals surface area contributed by atoms with Crippen LogP contribution in [0.3, 0.4) is 0 Å². The van der Waals surface area contributed by atoms with E-state index >= 15 is 0 Å². The predicted molar refractivity (Wildman–Crippen MR) is 55.7 cm³/mol. The molecule has 0 aromatic heterocycles. The maximum absolute atomic E-state index is 5.32. The quantitative estimate of drug-likeness (QED) is 0.372. The molecule has 0 amide bonds. The Labute approximate surface area is 80.9 Å². The zero-order valence-corrected chi connectivity index (χ0v) is 8.33. The van der Waals surface area contributed by atoms with E-state index < -0.39 is 0 Å². The smallest absolute Gasteiger partial charge is 0.00772 e. The van der Waals surface area contributed by atoms with Gasteiger partial charge < -0.3 is 22.1 Å². The summed E-state index contributed by atoms with van der Waals surface area (Å²) in [7, 11) is 0. The third-order valence-corrected chi connectivity index (χ3v) is 1.36. The molecular weight excluding hydrogens is 176 g/mol. The zero-order valence-electron chi connectivity index (χ0n) is 7.51. The lowest BCUT2D eigenvalue weighted by Gasteiger charge is -2.03. The number of halogens is 1. The van der Waals surface area contributed by atoms with Gasteiger partial charge in [-0.15, -0.1) is 12.4 Å². The molecule has 0 spiro atoms. The predicted octanol–water partition coefficient (Wildman–Crippen LogP) is -1.11. The van der Waals surface area contributed by atoms with Crippen LogP contribution in [-0.2, 0) is 0 Å². The summed E-state index contributed by atoms with van der Waals surface area (Å²) in [5.41, 5.74) is 10.6. The molecule has 0 aliphatic rings. The van der Waals surface area contributed by atoms with E-state index in [1.165, 1.54) is 0 Å². The van der Waals surface area contributed by atoms with Crippen LogP contribution in [0.15, 0.2) is 0 Å². The summed E-state index contributed by atoms with van der Waals surface area (Å²) in [5.74, 6) is 0. The van der Waals surface area contributed by atoms with Crippen LogP contribution < -0.4 is 22.1 Å². The van der Waals surface area contributed by atoms with Crippen molar-refractivity contribution in [3.8, 4) is 0 Å². The first-order valence-electron chi connectivity index (χ1n) is 4.23. The molecule has 0 saturated carbocycles. The van der Waals surface area contributed by atoms with Crippen LogP contribution in [0.2, 0.25) is 0 Å². The molecule has 76 valence electrons. The highest BCUT2D eigenvalue weighted by Crippen LogP contribution is 1.67. The summed E-state index contributed by atoms with van der Waals surface area (Å²) in [6, 6.07) is 0. The van der Waals surface area contributed by atoms with Gasteiger partial charge in [0.25, 0.3) is 0 Å². The molecule has 0 aromatic carbocycles. The third kappa shape index (κ3) is 12.8. The molecule has 0 atom stereocenters. The van der Waals surface area contributed by atoms with Crippen molar-refractivity contribution in [2.24, 2.45) is 11.5 Å². The molecule has 0 aliphatic carbocycles. The molecule has 0 bridgehead atoms. The van der Waals surface area contributed by atoms with Crippen molar-refractivity contribution in [3.05, 3.63) is 0 Å². The van der Waals surface area contributed by atoms with Crippen molar-refractivity contribution in [3.63, 3.8) is 0 Å². The second-order valence-electron chi connectivity index (χ2n) is 2.43. The topological polar surface area (TPSA) is 76.1 Å². The second-order valence-corrected chi connectivity index (χ2v) is 2.43. The Hall–Kier alpha value is 0.130. The lowest BCUT2D eigenvalue weighted by Crippen LogP contribution is -2.31. The molecule has 4 nitrogen and oxygen atoms in total. The average Bonchev–Trinajstić information content (AvgIpc) is 2.03. The Kier molecular flexibility index (Phi) is 16.7. The molecule has 0 unspecified atom stereocenters. The number of hydrogen-bond acceptors (Lipinski definition) is 4. The SMILES string of the molecule is Cl.NCCCNCCNCCN. The summed E-state index contributed by atoms with van der Waals surface area (Å²) in [6.07, 6.45) is 1.05. The fraction of sp³-hybridized carbons (Fsp3) is 1.00. The normalized spacial score (nSPS) is 9.50. The highest BCUT2D eigenvalue weighted by atomic mass is 35.5. The van der Waals surface area contributed by atoms with E-state index in [1.54, 1.807) is 0 Å². The minimum absolute atomic E-state index is 0. The van der Waals surface area contributed by atoms with E-state index in [9.17, 15) is 0 Å². The molecule has 0 heterocycles. The van der Waals surface area contributed by atoms with Gasteiger partial charge in [0.2, 0.25) is 0 Å². The standard InChI is InChI=1S/C7H20N4.ClH/c8-2-1-4-10-6-7-11-5-3-9;/h10-11H,1-9H2;1H. The van der Waals surface area contributed by atoms with Crippen molar-refractivity contribution in [2.75, 3.05) is 39.3 Å². The third-order valence-electron chi connectivity index (χ3n) is 1.36. The van der Waals surface area contributed by atoms with Gasteiger partial charge in [-0.05, 0) is 19.5 Å². The van der Waals surface area contributed by atoms with Crippen LogP contribution in [-0.4, -0.2) is 39.3 Å². The summed E-state index contributed by atoms with van der Waals surface area (Å²) >= 11 is 0. The Balaban J connectivity index is 0. The first-order valence-corrected chi connectivity index (χ1v) is 4.23. The van der Waals surface area contributed by atoms with Crippen LogP contribution in [0.4, 0.5) is 0 Å². The van der Waals surface area contributed by atoms with E-state index in [4.69, 9.17) is 11.5 Å². The van der Waals surface area contributed by atoms with Gasteiger partial charge in [-0.3, -0.25) is 0 Å². The molecule has 5 heteroatoms.